The molecule has 0 heterocycles. The Hall–Kier alpha value is -1.54. The number of rotatable bonds is 3. The molecular formula is C16H18BN. The maximum Gasteiger partial charge on any atom is 0.182 e. The highest BCUT2D eigenvalue weighted by molar-refractivity contribution is 6.04. The van der Waals surface area contributed by atoms with Gasteiger partial charge in [0, 0.05) is 6.04 Å². The minimum absolute atomic E-state index is 0.523. The first-order valence-corrected chi connectivity index (χ1v) is 6.68. The Balaban J connectivity index is 1.87. The van der Waals surface area contributed by atoms with Crippen LogP contribution in [0.2, 0.25) is 0 Å². The second kappa shape index (κ2) is 4.99. The molecule has 1 N–H and O–H groups in total. The van der Waals surface area contributed by atoms with Crippen molar-refractivity contribution in [2.45, 2.75) is 24.8 Å². The topological polar surface area (TPSA) is 12.0 Å². The van der Waals surface area contributed by atoms with Gasteiger partial charge in [-0.15, -0.1) is 0 Å². The molecule has 1 nitrogen and oxygen atoms in total. The van der Waals surface area contributed by atoms with Crippen molar-refractivity contribution in [1.29, 1.82) is 0 Å². The third-order valence-electron chi connectivity index (χ3n) is 4.00. The van der Waals surface area contributed by atoms with Gasteiger partial charge in [0.1, 0.15) is 0 Å². The van der Waals surface area contributed by atoms with Crippen molar-refractivity contribution in [2.75, 3.05) is 0 Å². The molecule has 90 valence electrons. The fourth-order valence-electron chi connectivity index (χ4n) is 3.10. The van der Waals surface area contributed by atoms with Gasteiger partial charge in [0.2, 0.25) is 0 Å². The summed E-state index contributed by atoms with van der Waals surface area (Å²) in [5, 5.41) is 3.44. The molecule has 0 saturated carbocycles. The first kappa shape index (κ1) is 11.5. The van der Waals surface area contributed by atoms with Crippen LogP contribution in [-0.2, 0) is 6.42 Å². The van der Waals surface area contributed by atoms with Gasteiger partial charge in [0.25, 0.3) is 0 Å². The highest BCUT2D eigenvalue weighted by Crippen LogP contribution is 2.41. The number of hydrogen-bond acceptors (Lipinski definition) is 1. The van der Waals surface area contributed by atoms with E-state index < -0.39 is 0 Å². The molecule has 0 unspecified atom stereocenters. The molecular weight excluding hydrogens is 217 g/mol. The van der Waals surface area contributed by atoms with E-state index in [1.54, 1.807) is 0 Å². The van der Waals surface area contributed by atoms with E-state index in [4.69, 9.17) is 0 Å². The summed E-state index contributed by atoms with van der Waals surface area (Å²) in [5.74, 6) is 0.654. The average Bonchev–Trinajstić information content (AvgIpc) is 2.78. The van der Waals surface area contributed by atoms with Gasteiger partial charge < -0.3 is 5.23 Å². The van der Waals surface area contributed by atoms with Crippen LogP contribution in [0.1, 0.15) is 35.1 Å². The number of hydrogen-bond donors (Lipinski definition) is 1. The van der Waals surface area contributed by atoms with Gasteiger partial charge in [-0.3, -0.25) is 0 Å². The summed E-state index contributed by atoms with van der Waals surface area (Å²) in [5.41, 5.74) is 4.45. The van der Waals surface area contributed by atoms with Gasteiger partial charge >= 0.3 is 0 Å². The Bertz CT molecular complexity index is 524. The normalized spacial score (nSPS) is 21.8. The molecule has 1 aliphatic carbocycles. The summed E-state index contributed by atoms with van der Waals surface area (Å²) >= 11 is 0. The van der Waals surface area contributed by atoms with E-state index in [0.29, 0.717) is 12.0 Å². The third-order valence-corrected chi connectivity index (χ3v) is 4.00. The molecule has 0 amide bonds. The minimum Gasteiger partial charge on any atom is -0.356 e. The Morgan fingerprint density at radius 2 is 1.61 bits per heavy atom. The van der Waals surface area contributed by atoms with Gasteiger partial charge in [0.05, 0.1) is 0 Å². The van der Waals surface area contributed by atoms with E-state index >= 15 is 0 Å². The second-order valence-corrected chi connectivity index (χ2v) is 5.09. The molecule has 0 radical (unpaired) electrons. The first-order chi connectivity index (χ1) is 8.88. The number of fused-ring (bicyclic) bond motifs is 1. The van der Waals surface area contributed by atoms with E-state index in [-0.39, 0.29) is 0 Å². The molecule has 2 atom stereocenters. The van der Waals surface area contributed by atoms with Gasteiger partial charge in [-0.1, -0.05) is 54.6 Å². The number of nitrogens with one attached hydrogen (secondary N) is 1. The lowest BCUT2D eigenvalue weighted by molar-refractivity contribution is 0.573. The smallest absolute Gasteiger partial charge is 0.182 e. The lowest BCUT2D eigenvalue weighted by Crippen LogP contribution is -2.15. The molecule has 2 aromatic rings. The van der Waals surface area contributed by atoms with Crippen LogP contribution in [0.25, 0.3) is 0 Å². The molecule has 18 heavy (non-hydrogen) atoms. The van der Waals surface area contributed by atoms with Crippen LogP contribution in [0.5, 0.6) is 0 Å². The van der Waals surface area contributed by atoms with Crippen molar-refractivity contribution in [3.05, 3.63) is 71.3 Å². The Labute approximate surface area is 110 Å². The van der Waals surface area contributed by atoms with Gasteiger partial charge in [0.15, 0.2) is 7.98 Å². The Morgan fingerprint density at radius 1 is 0.944 bits per heavy atom. The van der Waals surface area contributed by atoms with E-state index in [2.05, 4.69) is 67.8 Å². The largest absolute Gasteiger partial charge is 0.356 e. The molecule has 0 bridgehead atoms. The quantitative estimate of drug-likeness (QED) is 0.806. The zero-order valence-electron chi connectivity index (χ0n) is 10.8. The summed E-state index contributed by atoms with van der Waals surface area (Å²) in [6.07, 6.45) is 2.36. The van der Waals surface area contributed by atoms with Crippen LogP contribution < -0.4 is 5.23 Å². The first-order valence-electron chi connectivity index (χ1n) is 6.68. The monoisotopic (exact) mass is 235 g/mol. The SMILES string of the molecule is BN[C@H]1C[C@@H](Cc2ccccc2)c2ccccc21. The molecule has 0 aromatic heterocycles. The molecule has 0 fully saturated rings. The molecule has 0 spiro atoms. The lowest BCUT2D eigenvalue weighted by Gasteiger charge is -2.12. The van der Waals surface area contributed by atoms with Crippen LogP contribution in [-0.4, -0.2) is 7.98 Å². The maximum absolute atomic E-state index is 3.44. The van der Waals surface area contributed by atoms with E-state index in [0.717, 1.165) is 6.42 Å². The Kier molecular flexibility index (Phi) is 3.20. The highest BCUT2D eigenvalue weighted by Gasteiger charge is 2.29. The predicted molar refractivity (Wildman–Crippen MR) is 78.4 cm³/mol. The molecule has 2 aromatic carbocycles. The zero-order valence-corrected chi connectivity index (χ0v) is 10.8. The van der Waals surface area contributed by atoms with Crippen molar-refractivity contribution in [2.24, 2.45) is 0 Å². The maximum atomic E-state index is 3.44. The fourth-order valence-corrected chi connectivity index (χ4v) is 3.10. The Morgan fingerprint density at radius 3 is 2.33 bits per heavy atom. The van der Waals surface area contributed by atoms with Gasteiger partial charge in [-0.25, -0.2) is 0 Å². The lowest BCUT2D eigenvalue weighted by atomic mass is 9.94. The molecule has 2 heteroatoms. The van der Waals surface area contributed by atoms with Crippen LogP contribution in [0.4, 0.5) is 0 Å². The molecule has 1 aliphatic rings. The third kappa shape index (κ3) is 2.09. The van der Waals surface area contributed by atoms with Crippen molar-refractivity contribution < 1.29 is 0 Å². The van der Waals surface area contributed by atoms with Crippen molar-refractivity contribution in [3.63, 3.8) is 0 Å². The zero-order chi connectivity index (χ0) is 12.4. The summed E-state index contributed by atoms with van der Waals surface area (Å²) in [6.45, 7) is 0. The molecule has 0 saturated heterocycles. The van der Waals surface area contributed by atoms with Crippen LogP contribution in [0, 0.1) is 0 Å². The van der Waals surface area contributed by atoms with Crippen LogP contribution in [0.15, 0.2) is 54.6 Å². The van der Waals surface area contributed by atoms with Crippen molar-refractivity contribution in [3.8, 4) is 0 Å². The van der Waals surface area contributed by atoms with Gasteiger partial charge in [-0.2, -0.15) is 0 Å². The van der Waals surface area contributed by atoms with Crippen molar-refractivity contribution in [1.82, 2.24) is 5.23 Å². The molecule has 0 aliphatic heterocycles. The summed E-state index contributed by atoms with van der Waals surface area (Å²) in [4.78, 5) is 0. The van der Waals surface area contributed by atoms with Crippen LogP contribution in [0.3, 0.4) is 0 Å². The summed E-state index contributed by atoms with van der Waals surface area (Å²) in [7, 11) is 2.06. The van der Waals surface area contributed by atoms with E-state index in [1.807, 2.05) is 0 Å². The van der Waals surface area contributed by atoms with Gasteiger partial charge in [-0.05, 0) is 35.4 Å². The number of benzene rings is 2. The highest BCUT2D eigenvalue weighted by atomic mass is 14.8. The average molecular weight is 235 g/mol. The van der Waals surface area contributed by atoms with Crippen LogP contribution >= 0.6 is 0 Å². The minimum atomic E-state index is 0.523. The molecule has 3 rings (SSSR count). The standard InChI is InChI=1S/C16H18BN/c17-18-16-11-13(10-12-6-2-1-3-7-12)14-8-4-5-9-15(14)16/h1-9,13,16,18H,10-11,17H2/t13-,16+/m1/s1. The van der Waals surface area contributed by atoms with Crippen molar-refractivity contribution >= 4 is 7.98 Å². The predicted octanol–water partition coefficient (Wildman–Crippen LogP) is 2.60. The second-order valence-electron chi connectivity index (χ2n) is 5.09. The van der Waals surface area contributed by atoms with E-state index in [1.165, 1.54) is 23.1 Å². The van der Waals surface area contributed by atoms with E-state index in [9.17, 15) is 0 Å². The summed E-state index contributed by atoms with van der Waals surface area (Å²) in [6, 6.07) is 20.2. The summed E-state index contributed by atoms with van der Waals surface area (Å²) < 4.78 is 0. The fraction of sp³-hybridized carbons (Fsp3) is 0.250.